The maximum Gasteiger partial charge on any atom is 0.306 e. The molecule has 3 N–H and O–H groups in total. The van der Waals surface area contributed by atoms with Crippen molar-refractivity contribution in [1.29, 1.82) is 5.41 Å². The van der Waals surface area contributed by atoms with Gasteiger partial charge in [-0.2, -0.15) is 5.10 Å². The van der Waals surface area contributed by atoms with Gasteiger partial charge in [0, 0.05) is 18.1 Å². The van der Waals surface area contributed by atoms with Crippen LogP contribution >= 0.6 is 0 Å². The van der Waals surface area contributed by atoms with Crippen LogP contribution in [-0.4, -0.2) is 30.8 Å². The molecule has 0 saturated heterocycles. The first-order valence-corrected chi connectivity index (χ1v) is 4.90. The van der Waals surface area contributed by atoms with Crippen LogP contribution in [0.2, 0.25) is 0 Å². The van der Waals surface area contributed by atoms with Crippen LogP contribution in [0.3, 0.4) is 0 Å². The third-order valence-electron chi connectivity index (χ3n) is 2.00. The van der Waals surface area contributed by atoms with Gasteiger partial charge in [0.2, 0.25) is 0 Å². The summed E-state index contributed by atoms with van der Waals surface area (Å²) in [5.41, 5.74) is -0.843. The standard InChI is InChI=1S/C10H17N3O3/c1-3-16-9(15)5-10(2,7-11)4-8(14)6-13-12/h6-7,11H,3-5,12H2,1-2H3. The number of hydrazone groups is 1. The summed E-state index contributed by atoms with van der Waals surface area (Å²) in [5, 5.41) is 10.4. The molecular formula is C10H17N3O3. The van der Waals surface area contributed by atoms with Gasteiger partial charge in [-0.05, 0) is 6.92 Å². The van der Waals surface area contributed by atoms with Gasteiger partial charge < -0.3 is 16.0 Å². The number of rotatable bonds is 7. The monoisotopic (exact) mass is 227 g/mol. The molecule has 1 atom stereocenters. The normalized spacial score (nSPS) is 14.4. The molecule has 0 aliphatic rings. The molecule has 0 radical (unpaired) electrons. The number of carbonyl (C=O) groups excluding carboxylic acids is 2. The molecule has 0 amide bonds. The second kappa shape index (κ2) is 6.71. The lowest BCUT2D eigenvalue weighted by atomic mass is 9.83. The van der Waals surface area contributed by atoms with Crippen molar-refractivity contribution in [2.45, 2.75) is 26.7 Å². The molecule has 90 valence electrons. The van der Waals surface area contributed by atoms with E-state index < -0.39 is 11.4 Å². The van der Waals surface area contributed by atoms with Gasteiger partial charge in [0.25, 0.3) is 0 Å². The van der Waals surface area contributed by atoms with Gasteiger partial charge in [-0.25, -0.2) is 0 Å². The second-order valence-corrected chi connectivity index (χ2v) is 3.70. The number of ketones is 1. The summed E-state index contributed by atoms with van der Waals surface area (Å²) >= 11 is 0. The average molecular weight is 227 g/mol. The zero-order valence-electron chi connectivity index (χ0n) is 9.53. The lowest BCUT2D eigenvalue weighted by Crippen LogP contribution is -2.27. The first-order chi connectivity index (χ1) is 7.47. The average Bonchev–Trinajstić information content (AvgIpc) is 2.17. The minimum absolute atomic E-state index is 0.00546. The largest absolute Gasteiger partial charge is 0.466 e. The molecular weight excluding hydrogens is 210 g/mol. The van der Waals surface area contributed by atoms with Crippen molar-refractivity contribution in [1.82, 2.24) is 0 Å². The zero-order chi connectivity index (χ0) is 12.6. The van der Waals surface area contributed by atoms with Gasteiger partial charge in [0.05, 0.1) is 19.2 Å². The van der Waals surface area contributed by atoms with Gasteiger partial charge in [-0.15, -0.1) is 0 Å². The van der Waals surface area contributed by atoms with Crippen molar-refractivity contribution < 1.29 is 14.3 Å². The smallest absolute Gasteiger partial charge is 0.306 e. The van der Waals surface area contributed by atoms with Crippen molar-refractivity contribution in [3.8, 4) is 0 Å². The van der Waals surface area contributed by atoms with Crippen LogP contribution in [0, 0.1) is 10.8 Å². The third kappa shape index (κ3) is 5.23. The number of nitrogens with zero attached hydrogens (tertiary/aromatic N) is 1. The molecule has 0 aliphatic heterocycles. The number of hydrogen-bond acceptors (Lipinski definition) is 6. The summed E-state index contributed by atoms with van der Waals surface area (Å²) in [6, 6.07) is 0. The highest BCUT2D eigenvalue weighted by atomic mass is 16.5. The van der Waals surface area contributed by atoms with Crippen LogP contribution in [0.15, 0.2) is 5.10 Å². The number of esters is 1. The van der Waals surface area contributed by atoms with Crippen LogP contribution in [0.25, 0.3) is 0 Å². The predicted molar refractivity (Wildman–Crippen MR) is 60.4 cm³/mol. The first kappa shape index (κ1) is 14.3. The quantitative estimate of drug-likeness (QED) is 0.286. The van der Waals surface area contributed by atoms with E-state index in [1.807, 2.05) is 0 Å². The van der Waals surface area contributed by atoms with E-state index in [1.165, 1.54) is 0 Å². The van der Waals surface area contributed by atoms with Gasteiger partial charge in [0.1, 0.15) is 0 Å². The van der Waals surface area contributed by atoms with Crippen LogP contribution in [0.4, 0.5) is 0 Å². The van der Waals surface area contributed by atoms with Crippen molar-refractivity contribution >= 4 is 24.2 Å². The summed E-state index contributed by atoms with van der Waals surface area (Å²) in [5.74, 6) is 4.09. The van der Waals surface area contributed by atoms with Crippen LogP contribution in [-0.2, 0) is 14.3 Å². The molecule has 0 spiro atoms. The Balaban J connectivity index is 4.47. The number of carbonyl (C=O) groups is 2. The van der Waals surface area contributed by atoms with Crippen LogP contribution < -0.4 is 5.84 Å². The highest BCUT2D eigenvalue weighted by Gasteiger charge is 2.28. The topological polar surface area (TPSA) is 106 Å². The maximum absolute atomic E-state index is 11.3. The Morgan fingerprint density at radius 3 is 2.56 bits per heavy atom. The number of Topliss-reactive ketones (excluding diaryl/α,β-unsaturated/α-hetero) is 1. The molecule has 0 aliphatic carbocycles. The van der Waals surface area contributed by atoms with Crippen molar-refractivity contribution in [2.75, 3.05) is 6.61 Å². The highest BCUT2D eigenvalue weighted by Crippen LogP contribution is 2.24. The second-order valence-electron chi connectivity index (χ2n) is 3.70. The number of nitrogens with one attached hydrogen (secondary N) is 1. The number of ether oxygens (including phenoxy) is 1. The van der Waals surface area contributed by atoms with Crippen molar-refractivity contribution in [2.24, 2.45) is 16.4 Å². The Morgan fingerprint density at radius 1 is 1.50 bits per heavy atom. The van der Waals surface area contributed by atoms with E-state index in [2.05, 4.69) is 5.10 Å². The van der Waals surface area contributed by atoms with E-state index in [9.17, 15) is 9.59 Å². The Bertz CT molecular complexity index is 302. The lowest BCUT2D eigenvalue weighted by Gasteiger charge is -2.21. The molecule has 6 heteroatoms. The first-order valence-electron chi connectivity index (χ1n) is 4.90. The molecule has 16 heavy (non-hydrogen) atoms. The highest BCUT2D eigenvalue weighted by molar-refractivity contribution is 6.27. The SMILES string of the molecule is CCOC(=O)CC(C)(C=N)CC(=O)C=NN. The fourth-order valence-electron chi connectivity index (χ4n) is 1.23. The Kier molecular flexibility index (Phi) is 5.99. The van der Waals surface area contributed by atoms with E-state index in [0.717, 1.165) is 12.4 Å². The molecule has 0 saturated carbocycles. The van der Waals surface area contributed by atoms with E-state index in [0.29, 0.717) is 0 Å². The van der Waals surface area contributed by atoms with Gasteiger partial charge in [0.15, 0.2) is 5.78 Å². The van der Waals surface area contributed by atoms with Crippen molar-refractivity contribution in [3.63, 3.8) is 0 Å². The molecule has 0 aromatic heterocycles. The third-order valence-corrected chi connectivity index (χ3v) is 2.00. The summed E-state index contributed by atoms with van der Waals surface area (Å²) in [6.07, 6.45) is 2.06. The van der Waals surface area contributed by atoms with Crippen LogP contribution in [0.5, 0.6) is 0 Å². The maximum atomic E-state index is 11.3. The molecule has 6 nitrogen and oxygen atoms in total. The minimum atomic E-state index is -0.843. The number of hydrogen-bond donors (Lipinski definition) is 2. The molecule has 0 rings (SSSR count). The van der Waals surface area contributed by atoms with Gasteiger partial charge in [-0.3, -0.25) is 9.59 Å². The molecule has 1 unspecified atom stereocenters. The van der Waals surface area contributed by atoms with E-state index in [1.54, 1.807) is 13.8 Å². The number of nitrogens with two attached hydrogens (primary N) is 1. The van der Waals surface area contributed by atoms with E-state index in [4.69, 9.17) is 16.0 Å². The van der Waals surface area contributed by atoms with Crippen molar-refractivity contribution in [3.05, 3.63) is 0 Å². The molecule has 0 fully saturated rings. The molecule has 0 aromatic rings. The fraction of sp³-hybridized carbons (Fsp3) is 0.600. The zero-order valence-corrected chi connectivity index (χ0v) is 9.53. The van der Waals surface area contributed by atoms with Gasteiger partial charge >= 0.3 is 5.97 Å². The van der Waals surface area contributed by atoms with E-state index in [-0.39, 0.29) is 25.2 Å². The van der Waals surface area contributed by atoms with Crippen LogP contribution in [0.1, 0.15) is 26.7 Å². The predicted octanol–water partition coefficient (Wildman–Crippen LogP) is 0.499. The summed E-state index contributed by atoms with van der Waals surface area (Å²) in [6.45, 7) is 3.62. The minimum Gasteiger partial charge on any atom is -0.466 e. The Morgan fingerprint density at radius 2 is 2.12 bits per heavy atom. The molecule has 0 aromatic carbocycles. The molecule has 0 heterocycles. The lowest BCUT2D eigenvalue weighted by molar-refractivity contribution is -0.144. The van der Waals surface area contributed by atoms with Gasteiger partial charge in [-0.1, -0.05) is 6.92 Å². The summed E-state index contributed by atoms with van der Waals surface area (Å²) in [7, 11) is 0. The fourth-order valence-corrected chi connectivity index (χ4v) is 1.23. The Hall–Kier alpha value is -1.72. The summed E-state index contributed by atoms with van der Waals surface area (Å²) in [4.78, 5) is 22.5. The Labute approximate surface area is 94.4 Å². The molecule has 0 bridgehead atoms. The van der Waals surface area contributed by atoms with E-state index >= 15 is 0 Å². The summed E-state index contributed by atoms with van der Waals surface area (Å²) < 4.78 is 4.77.